The van der Waals surface area contributed by atoms with E-state index in [1.54, 1.807) is 16.8 Å². The Kier molecular flexibility index (Phi) is 6.91. The predicted octanol–water partition coefficient (Wildman–Crippen LogP) is 5.24. The number of piperazine rings is 1. The van der Waals surface area contributed by atoms with E-state index >= 15 is 0 Å². The summed E-state index contributed by atoms with van der Waals surface area (Å²) in [4.78, 5) is 27.5. The van der Waals surface area contributed by atoms with Crippen LogP contribution < -0.4 is 10.5 Å². The van der Waals surface area contributed by atoms with Crippen molar-refractivity contribution in [1.29, 1.82) is 0 Å². The standard InChI is InChI=1S/C27H27BrClN5O/c1-3-34-26-19(15-23(27(34)35)22-9-6-20(28)16-24(22)29)17-30-25(31-26)14-18-4-7-21(8-5-18)33-12-10-32(2)11-13-33/h4-9,15-17H,3,10-14H2,1-2H3. The highest BCUT2D eigenvalue weighted by atomic mass is 79.9. The normalized spacial score (nSPS) is 14.6. The highest BCUT2D eigenvalue weighted by Gasteiger charge is 2.16. The van der Waals surface area contributed by atoms with Crippen LogP contribution in [-0.2, 0) is 13.0 Å². The first-order valence-corrected chi connectivity index (χ1v) is 13.0. The number of rotatable bonds is 5. The molecule has 0 amide bonds. The fraction of sp³-hybridized carbons (Fsp3) is 0.296. The first-order valence-electron chi connectivity index (χ1n) is 11.8. The van der Waals surface area contributed by atoms with Crippen molar-refractivity contribution in [3.63, 3.8) is 0 Å². The van der Waals surface area contributed by atoms with Gasteiger partial charge in [-0.25, -0.2) is 9.97 Å². The number of fused-ring (bicyclic) bond motifs is 1. The zero-order valence-electron chi connectivity index (χ0n) is 19.8. The lowest BCUT2D eigenvalue weighted by molar-refractivity contribution is 0.313. The highest BCUT2D eigenvalue weighted by Crippen LogP contribution is 2.30. The molecule has 0 atom stereocenters. The van der Waals surface area contributed by atoms with Crippen LogP contribution in [0.3, 0.4) is 0 Å². The number of nitrogens with zero attached hydrogens (tertiary/aromatic N) is 5. The second-order valence-electron chi connectivity index (χ2n) is 8.93. The molecule has 4 aromatic rings. The lowest BCUT2D eigenvalue weighted by Crippen LogP contribution is -2.44. The minimum atomic E-state index is -0.106. The van der Waals surface area contributed by atoms with Crippen molar-refractivity contribution < 1.29 is 0 Å². The van der Waals surface area contributed by atoms with Gasteiger partial charge in [-0.3, -0.25) is 9.36 Å². The van der Waals surface area contributed by atoms with Crippen molar-refractivity contribution in [1.82, 2.24) is 19.4 Å². The van der Waals surface area contributed by atoms with Crippen molar-refractivity contribution in [2.24, 2.45) is 0 Å². The molecule has 3 heterocycles. The largest absolute Gasteiger partial charge is 0.369 e. The summed E-state index contributed by atoms with van der Waals surface area (Å²) in [6.07, 6.45) is 2.41. The van der Waals surface area contributed by atoms with Crippen LogP contribution in [0.2, 0.25) is 5.02 Å². The van der Waals surface area contributed by atoms with Gasteiger partial charge in [-0.15, -0.1) is 0 Å². The third-order valence-corrected chi connectivity index (χ3v) is 7.39. The van der Waals surface area contributed by atoms with E-state index in [1.165, 1.54) is 5.69 Å². The minimum absolute atomic E-state index is 0.106. The zero-order valence-corrected chi connectivity index (χ0v) is 22.2. The highest BCUT2D eigenvalue weighted by molar-refractivity contribution is 9.10. The molecular weight excluding hydrogens is 526 g/mol. The summed E-state index contributed by atoms with van der Waals surface area (Å²) in [5.74, 6) is 0.695. The number of anilines is 1. The first kappa shape index (κ1) is 24.0. The maximum atomic E-state index is 13.4. The van der Waals surface area contributed by atoms with Crippen molar-refractivity contribution in [2.45, 2.75) is 19.9 Å². The van der Waals surface area contributed by atoms with Gasteiger partial charge in [0.05, 0.1) is 0 Å². The van der Waals surface area contributed by atoms with E-state index in [-0.39, 0.29) is 5.56 Å². The minimum Gasteiger partial charge on any atom is -0.369 e. The molecule has 0 N–H and O–H groups in total. The number of aryl methyl sites for hydroxylation is 1. The van der Waals surface area contributed by atoms with Crippen LogP contribution in [-0.4, -0.2) is 52.7 Å². The molecule has 180 valence electrons. The molecule has 2 aromatic heterocycles. The second kappa shape index (κ2) is 10.1. The molecule has 0 saturated carbocycles. The van der Waals surface area contributed by atoms with Gasteiger partial charge in [0.25, 0.3) is 5.56 Å². The number of benzene rings is 2. The molecule has 5 rings (SSSR count). The van der Waals surface area contributed by atoms with Gasteiger partial charge in [-0.2, -0.15) is 0 Å². The first-order chi connectivity index (χ1) is 16.9. The molecular formula is C27H27BrClN5O. The molecule has 6 nitrogen and oxygen atoms in total. The molecule has 2 aromatic carbocycles. The summed E-state index contributed by atoms with van der Waals surface area (Å²) in [6, 6.07) is 16.0. The Bertz CT molecular complexity index is 1430. The summed E-state index contributed by atoms with van der Waals surface area (Å²) in [6.45, 7) is 6.72. The molecule has 0 unspecified atom stereocenters. The summed E-state index contributed by atoms with van der Waals surface area (Å²) in [5.41, 5.74) is 4.19. The van der Waals surface area contributed by atoms with Crippen LogP contribution in [0.4, 0.5) is 5.69 Å². The third kappa shape index (κ3) is 4.99. The van der Waals surface area contributed by atoms with Crippen molar-refractivity contribution >= 4 is 44.3 Å². The number of hydrogen-bond donors (Lipinski definition) is 0. The van der Waals surface area contributed by atoms with Gasteiger partial charge in [0.15, 0.2) is 0 Å². The van der Waals surface area contributed by atoms with Gasteiger partial charge in [-0.05, 0) is 49.9 Å². The van der Waals surface area contributed by atoms with E-state index < -0.39 is 0 Å². The van der Waals surface area contributed by atoms with E-state index in [0.717, 1.165) is 41.6 Å². The van der Waals surface area contributed by atoms with Gasteiger partial charge in [0, 0.05) is 77.0 Å². The molecule has 0 spiro atoms. The monoisotopic (exact) mass is 551 g/mol. The van der Waals surface area contributed by atoms with Crippen LogP contribution in [0.1, 0.15) is 18.3 Å². The van der Waals surface area contributed by atoms with E-state index in [0.29, 0.717) is 40.6 Å². The molecule has 1 saturated heterocycles. The van der Waals surface area contributed by atoms with Crippen LogP contribution in [0.25, 0.3) is 22.2 Å². The van der Waals surface area contributed by atoms with Crippen molar-refractivity contribution in [2.75, 3.05) is 38.1 Å². The number of halogens is 2. The smallest absolute Gasteiger partial charge is 0.260 e. The Balaban J connectivity index is 1.44. The average molecular weight is 553 g/mol. The number of pyridine rings is 1. The van der Waals surface area contributed by atoms with Crippen molar-refractivity contribution in [3.05, 3.63) is 86.0 Å². The summed E-state index contributed by atoms with van der Waals surface area (Å²) < 4.78 is 2.57. The fourth-order valence-electron chi connectivity index (χ4n) is 4.55. The number of hydrogen-bond acceptors (Lipinski definition) is 5. The molecule has 35 heavy (non-hydrogen) atoms. The van der Waals surface area contributed by atoms with Crippen LogP contribution in [0.15, 0.2) is 64.0 Å². The van der Waals surface area contributed by atoms with Gasteiger partial charge in [-0.1, -0.05) is 45.7 Å². The van der Waals surface area contributed by atoms with Gasteiger partial charge in [0.2, 0.25) is 0 Å². The molecule has 0 radical (unpaired) electrons. The van der Waals surface area contributed by atoms with Gasteiger partial charge < -0.3 is 9.80 Å². The van der Waals surface area contributed by atoms with Crippen LogP contribution in [0, 0.1) is 0 Å². The van der Waals surface area contributed by atoms with Crippen LogP contribution >= 0.6 is 27.5 Å². The summed E-state index contributed by atoms with van der Waals surface area (Å²) in [7, 11) is 2.17. The zero-order chi connectivity index (χ0) is 24.5. The Morgan fingerprint density at radius 1 is 1.00 bits per heavy atom. The SMILES string of the molecule is CCn1c(=O)c(-c2ccc(Br)cc2Cl)cc2cnc(Cc3ccc(N4CCN(C)CC4)cc3)nc21. The molecule has 8 heteroatoms. The second-order valence-corrected chi connectivity index (χ2v) is 10.3. The fourth-order valence-corrected chi connectivity index (χ4v) is 5.32. The van der Waals surface area contributed by atoms with Gasteiger partial charge >= 0.3 is 0 Å². The molecule has 0 bridgehead atoms. The van der Waals surface area contributed by atoms with E-state index in [2.05, 4.69) is 62.0 Å². The molecule has 1 aliphatic heterocycles. The van der Waals surface area contributed by atoms with E-state index in [1.807, 2.05) is 25.1 Å². The lowest BCUT2D eigenvalue weighted by Gasteiger charge is -2.34. The Hall–Kier alpha value is -2.74. The Morgan fingerprint density at radius 3 is 2.43 bits per heavy atom. The summed E-state index contributed by atoms with van der Waals surface area (Å²) in [5, 5.41) is 1.34. The predicted molar refractivity (Wildman–Crippen MR) is 147 cm³/mol. The van der Waals surface area contributed by atoms with E-state index in [4.69, 9.17) is 16.6 Å². The Morgan fingerprint density at radius 2 is 1.74 bits per heavy atom. The van der Waals surface area contributed by atoms with E-state index in [9.17, 15) is 4.79 Å². The van der Waals surface area contributed by atoms with Crippen LogP contribution in [0.5, 0.6) is 0 Å². The summed E-state index contributed by atoms with van der Waals surface area (Å²) >= 11 is 9.88. The quantitative estimate of drug-likeness (QED) is 0.339. The maximum Gasteiger partial charge on any atom is 0.260 e. The molecule has 1 fully saturated rings. The van der Waals surface area contributed by atoms with Crippen molar-refractivity contribution in [3.8, 4) is 11.1 Å². The maximum absolute atomic E-state index is 13.4. The lowest BCUT2D eigenvalue weighted by atomic mass is 10.1. The Labute approximate surface area is 218 Å². The number of aromatic nitrogens is 3. The third-order valence-electron chi connectivity index (χ3n) is 6.58. The van der Waals surface area contributed by atoms with Gasteiger partial charge in [0.1, 0.15) is 11.5 Å². The number of likely N-dealkylation sites (N-methyl/N-ethyl adjacent to an activating group) is 1. The molecule has 0 aliphatic carbocycles. The average Bonchev–Trinajstić information content (AvgIpc) is 2.85. The molecule has 1 aliphatic rings. The topological polar surface area (TPSA) is 54.3 Å².